The van der Waals surface area contributed by atoms with Crippen molar-refractivity contribution in [1.82, 2.24) is 4.98 Å². The smallest absolute Gasteiger partial charge is 0.343 e. The van der Waals surface area contributed by atoms with Crippen molar-refractivity contribution in [2.24, 2.45) is 0 Å². The van der Waals surface area contributed by atoms with Crippen LogP contribution < -0.4 is 9.47 Å². The monoisotopic (exact) mass is 505 g/mol. The lowest BCUT2D eigenvalue weighted by molar-refractivity contribution is -0.142. The predicted molar refractivity (Wildman–Crippen MR) is 127 cm³/mol. The first-order chi connectivity index (χ1) is 15.4. The summed E-state index contributed by atoms with van der Waals surface area (Å²) in [6, 6.07) is 6.01. The van der Waals surface area contributed by atoms with Gasteiger partial charge in [0.25, 0.3) is 0 Å². The van der Waals surface area contributed by atoms with Crippen LogP contribution >= 0.6 is 15.9 Å². The minimum absolute atomic E-state index is 0.122. The first kappa shape index (κ1) is 24.5. The van der Waals surface area contributed by atoms with Crippen LogP contribution in [-0.2, 0) is 20.7 Å². The first-order valence-corrected chi connectivity index (χ1v) is 11.8. The fourth-order valence-corrected chi connectivity index (χ4v) is 4.70. The van der Waals surface area contributed by atoms with E-state index in [4.69, 9.17) is 19.2 Å². The number of aromatic nitrogens is 1. The Morgan fingerprint density at radius 1 is 1.09 bits per heavy atom. The van der Waals surface area contributed by atoms with Gasteiger partial charge in [0.1, 0.15) is 11.5 Å². The highest BCUT2D eigenvalue weighted by molar-refractivity contribution is 9.10. The van der Waals surface area contributed by atoms with Gasteiger partial charge in [-0.05, 0) is 77.5 Å². The number of aryl methyl sites for hydroxylation is 1. The molecular weight excluding hydrogens is 474 g/mol. The van der Waals surface area contributed by atoms with Gasteiger partial charge in [-0.1, -0.05) is 19.3 Å². The van der Waals surface area contributed by atoms with Crippen LogP contribution in [0.25, 0.3) is 0 Å². The van der Waals surface area contributed by atoms with Crippen molar-refractivity contribution in [3.63, 3.8) is 0 Å². The molecule has 174 valence electrons. The Kier molecular flexibility index (Phi) is 8.93. The molecule has 1 aromatic heterocycles. The highest BCUT2D eigenvalue weighted by Gasteiger charge is 2.22. The Bertz CT molecular complexity index is 940. The summed E-state index contributed by atoms with van der Waals surface area (Å²) >= 11 is 3.64. The number of benzene rings is 1. The minimum Gasteiger partial charge on any atom is -0.481 e. The zero-order valence-electron chi connectivity index (χ0n) is 19.3. The van der Waals surface area contributed by atoms with E-state index in [1.807, 2.05) is 18.2 Å². The van der Waals surface area contributed by atoms with Gasteiger partial charge < -0.3 is 18.9 Å². The van der Waals surface area contributed by atoms with E-state index in [1.165, 1.54) is 31.9 Å². The fourth-order valence-electron chi connectivity index (χ4n) is 4.23. The zero-order valence-corrected chi connectivity index (χ0v) is 20.9. The molecule has 0 bridgehead atoms. The maximum absolute atomic E-state index is 11.4. The summed E-state index contributed by atoms with van der Waals surface area (Å²) in [5.41, 5.74) is 5.41. The second-order valence-corrected chi connectivity index (χ2v) is 9.02. The van der Waals surface area contributed by atoms with Gasteiger partial charge in [0.2, 0.25) is 0 Å². The van der Waals surface area contributed by atoms with Crippen molar-refractivity contribution in [2.45, 2.75) is 58.3 Å². The van der Waals surface area contributed by atoms with E-state index in [-0.39, 0.29) is 13.4 Å². The SMILES string of the molecule is COCOc1ccc(Cc2c(C)cc(OCC(=O)OC)c(Br)c2C)nc1C1CCCCC1. The second kappa shape index (κ2) is 11.7. The molecule has 0 saturated heterocycles. The lowest BCUT2D eigenvalue weighted by Crippen LogP contribution is -2.13. The van der Waals surface area contributed by atoms with E-state index in [0.29, 0.717) is 18.1 Å². The fraction of sp³-hybridized carbons (Fsp3) is 0.520. The lowest BCUT2D eigenvalue weighted by atomic mass is 9.86. The maximum Gasteiger partial charge on any atom is 0.343 e. The Morgan fingerprint density at radius 2 is 1.84 bits per heavy atom. The molecule has 0 spiro atoms. The number of nitrogens with zero attached hydrogens (tertiary/aromatic N) is 1. The van der Waals surface area contributed by atoms with Crippen molar-refractivity contribution in [3.8, 4) is 11.5 Å². The van der Waals surface area contributed by atoms with Gasteiger partial charge >= 0.3 is 5.97 Å². The van der Waals surface area contributed by atoms with E-state index in [0.717, 1.165) is 45.6 Å². The summed E-state index contributed by atoms with van der Waals surface area (Å²) < 4.78 is 22.1. The van der Waals surface area contributed by atoms with Crippen LogP contribution in [0.2, 0.25) is 0 Å². The molecule has 0 atom stereocenters. The normalized spacial score (nSPS) is 14.3. The van der Waals surface area contributed by atoms with E-state index in [1.54, 1.807) is 7.11 Å². The molecule has 1 fully saturated rings. The molecule has 0 unspecified atom stereocenters. The first-order valence-electron chi connectivity index (χ1n) is 11.0. The molecule has 0 amide bonds. The third kappa shape index (κ3) is 6.01. The average Bonchev–Trinajstić information content (AvgIpc) is 2.82. The number of pyridine rings is 1. The summed E-state index contributed by atoms with van der Waals surface area (Å²) in [4.78, 5) is 16.5. The van der Waals surface area contributed by atoms with E-state index < -0.39 is 5.97 Å². The summed E-state index contributed by atoms with van der Waals surface area (Å²) in [6.45, 7) is 4.20. The molecule has 1 aliphatic carbocycles. The van der Waals surface area contributed by atoms with Gasteiger partial charge in [0, 0.05) is 25.1 Å². The predicted octanol–water partition coefficient (Wildman–Crippen LogP) is 5.63. The van der Waals surface area contributed by atoms with Gasteiger partial charge in [-0.3, -0.25) is 4.98 Å². The van der Waals surface area contributed by atoms with Crippen molar-refractivity contribution >= 4 is 21.9 Å². The van der Waals surface area contributed by atoms with E-state index >= 15 is 0 Å². The van der Waals surface area contributed by atoms with Gasteiger partial charge in [-0.15, -0.1) is 0 Å². The van der Waals surface area contributed by atoms with Crippen LogP contribution in [0.3, 0.4) is 0 Å². The number of hydrogen-bond acceptors (Lipinski definition) is 6. The second-order valence-electron chi connectivity index (χ2n) is 8.22. The zero-order chi connectivity index (χ0) is 23.1. The van der Waals surface area contributed by atoms with Gasteiger partial charge in [-0.2, -0.15) is 0 Å². The maximum atomic E-state index is 11.4. The number of rotatable bonds is 9. The minimum atomic E-state index is -0.411. The standard InChI is InChI=1S/C25H32BrNO5/c1-16-12-22(31-14-23(28)30-4)24(26)17(2)20(16)13-19-10-11-21(32-15-29-3)25(27-19)18-8-6-5-7-9-18/h10-12,18H,5-9,13-15H2,1-4H3. The number of carbonyl (C=O) groups is 1. The molecule has 0 aliphatic heterocycles. The summed E-state index contributed by atoms with van der Waals surface area (Å²) in [7, 11) is 2.98. The lowest BCUT2D eigenvalue weighted by Gasteiger charge is -2.24. The molecule has 1 heterocycles. The van der Waals surface area contributed by atoms with Crippen molar-refractivity contribution < 1.29 is 23.7 Å². The van der Waals surface area contributed by atoms with Gasteiger partial charge in [0.05, 0.1) is 17.3 Å². The van der Waals surface area contributed by atoms with Crippen LogP contribution in [0.15, 0.2) is 22.7 Å². The highest BCUT2D eigenvalue weighted by Crippen LogP contribution is 2.38. The summed E-state index contributed by atoms with van der Waals surface area (Å²) in [5, 5.41) is 0. The Morgan fingerprint density at radius 3 is 2.53 bits per heavy atom. The largest absolute Gasteiger partial charge is 0.481 e. The molecular formula is C25H32BrNO5. The molecule has 6 nitrogen and oxygen atoms in total. The average molecular weight is 506 g/mol. The molecule has 2 aromatic rings. The van der Waals surface area contributed by atoms with Crippen LogP contribution in [-0.4, -0.2) is 38.6 Å². The Hall–Kier alpha value is -2.12. The number of halogens is 1. The highest BCUT2D eigenvalue weighted by atomic mass is 79.9. The van der Waals surface area contributed by atoms with Gasteiger partial charge in [0.15, 0.2) is 13.4 Å². The number of carbonyl (C=O) groups excluding carboxylic acids is 1. The van der Waals surface area contributed by atoms with Crippen LogP contribution in [0.4, 0.5) is 0 Å². The van der Waals surface area contributed by atoms with Crippen LogP contribution in [0.5, 0.6) is 11.5 Å². The molecule has 1 aliphatic rings. The molecule has 0 N–H and O–H groups in total. The van der Waals surface area contributed by atoms with Crippen molar-refractivity contribution in [1.29, 1.82) is 0 Å². The van der Waals surface area contributed by atoms with Crippen LogP contribution in [0.1, 0.15) is 66.1 Å². The Balaban J connectivity index is 1.87. The van der Waals surface area contributed by atoms with E-state index in [2.05, 4.69) is 34.5 Å². The van der Waals surface area contributed by atoms with E-state index in [9.17, 15) is 4.79 Å². The molecule has 0 radical (unpaired) electrons. The number of ether oxygens (including phenoxy) is 4. The van der Waals surface area contributed by atoms with Crippen molar-refractivity contribution in [3.05, 3.63) is 50.8 Å². The van der Waals surface area contributed by atoms with Crippen LogP contribution in [0, 0.1) is 13.8 Å². The molecule has 7 heteroatoms. The molecule has 3 rings (SSSR count). The van der Waals surface area contributed by atoms with Crippen molar-refractivity contribution in [2.75, 3.05) is 27.6 Å². The molecule has 1 aromatic carbocycles. The van der Waals surface area contributed by atoms with Gasteiger partial charge in [-0.25, -0.2) is 4.79 Å². The molecule has 32 heavy (non-hydrogen) atoms. The summed E-state index contributed by atoms with van der Waals surface area (Å²) in [6.07, 6.45) is 6.77. The number of methoxy groups -OCH3 is 2. The quantitative estimate of drug-likeness (QED) is 0.324. The summed E-state index contributed by atoms with van der Waals surface area (Å²) in [5.74, 6) is 1.47. The third-order valence-electron chi connectivity index (χ3n) is 6.02. The Labute approximate surface area is 198 Å². The third-order valence-corrected chi connectivity index (χ3v) is 7.01. The molecule has 1 saturated carbocycles. The number of hydrogen-bond donors (Lipinski definition) is 0. The topological polar surface area (TPSA) is 66.9 Å². The number of esters is 1.